The van der Waals surface area contributed by atoms with Crippen LogP contribution in [0.4, 0.5) is 0 Å². The van der Waals surface area contributed by atoms with E-state index >= 15 is 0 Å². The summed E-state index contributed by atoms with van der Waals surface area (Å²) < 4.78 is 5.70. The first kappa shape index (κ1) is 16.6. The van der Waals surface area contributed by atoms with Crippen molar-refractivity contribution in [3.8, 4) is 5.75 Å². The van der Waals surface area contributed by atoms with Crippen LogP contribution in [-0.4, -0.2) is 57.2 Å². The zero-order valence-electron chi connectivity index (χ0n) is 13.9. The smallest absolute Gasteiger partial charge is 0.191 e. The molecular formula is C17H28N4O. The number of guanidine groups is 1. The summed E-state index contributed by atoms with van der Waals surface area (Å²) in [6.07, 6.45) is 2.55. The van der Waals surface area contributed by atoms with Gasteiger partial charge in [0, 0.05) is 19.6 Å². The van der Waals surface area contributed by atoms with Gasteiger partial charge in [0.05, 0.1) is 6.54 Å². The van der Waals surface area contributed by atoms with Crippen LogP contribution in [0.5, 0.6) is 5.75 Å². The maximum Gasteiger partial charge on any atom is 0.191 e. The highest BCUT2D eigenvalue weighted by Crippen LogP contribution is 2.13. The molecule has 22 heavy (non-hydrogen) atoms. The Labute approximate surface area is 133 Å². The molecule has 0 aliphatic carbocycles. The highest BCUT2D eigenvalue weighted by Gasteiger charge is 2.20. The minimum Gasteiger partial charge on any atom is -0.492 e. The minimum atomic E-state index is 0.613. The van der Waals surface area contributed by atoms with E-state index < -0.39 is 0 Å². The Morgan fingerprint density at radius 2 is 2.09 bits per heavy atom. The van der Waals surface area contributed by atoms with Crippen LogP contribution >= 0.6 is 0 Å². The van der Waals surface area contributed by atoms with Gasteiger partial charge in [0.2, 0.25) is 0 Å². The molecule has 1 heterocycles. The second-order valence-electron chi connectivity index (χ2n) is 5.82. The second kappa shape index (κ2) is 8.63. The summed E-state index contributed by atoms with van der Waals surface area (Å²) >= 11 is 0. The number of aliphatic imine (C=N–C) groups is 1. The summed E-state index contributed by atoms with van der Waals surface area (Å²) in [5, 5.41) is 6.67. The third kappa shape index (κ3) is 5.22. The lowest BCUT2D eigenvalue weighted by atomic mass is 10.2. The van der Waals surface area contributed by atoms with Gasteiger partial charge < -0.3 is 20.3 Å². The van der Waals surface area contributed by atoms with Gasteiger partial charge in [-0.3, -0.25) is 4.99 Å². The summed E-state index contributed by atoms with van der Waals surface area (Å²) in [7, 11) is 3.99. The van der Waals surface area contributed by atoms with Crippen LogP contribution in [0, 0.1) is 6.92 Å². The third-order valence-corrected chi connectivity index (χ3v) is 4.08. The van der Waals surface area contributed by atoms with E-state index in [2.05, 4.69) is 46.6 Å². The zero-order valence-corrected chi connectivity index (χ0v) is 13.9. The molecule has 122 valence electrons. The number of ether oxygens (including phenoxy) is 1. The number of hydrogen-bond acceptors (Lipinski definition) is 3. The number of rotatable bonds is 6. The number of likely N-dealkylation sites (tertiary alicyclic amines) is 1. The first-order chi connectivity index (χ1) is 10.7. The normalized spacial score (nSPS) is 19.2. The number of likely N-dealkylation sites (N-methyl/N-ethyl adjacent to an activating group) is 1. The molecule has 5 nitrogen and oxygen atoms in total. The third-order valence-electron chi connectivity index (χ3n) is 4.08. The van der Waals surface area contributed by atoms with Crippen LogP contribution in [-0.2, 0) is 0 Å². The molecule has 1 aliphatic heterocycles. The number of nitrogens with one attached hydrogen (secondary N) is 2. The van der Waals surface area contributed by atoms with Crippen molar-refractivity contribution in [2.24, 2.45) is 4.99 Å². The maximum absolute atomic E-state index is 5.70. The van der Waals surface area contributed by atoms with Crippen molar-refractivity contribution in [2.75, 3.05) is 40.3 Å². The van der Waals surface area contributed by atoms with Gasteiger partial charge in [0.25, 0.3) is 0 Å². The summed E-state index contributed by atoms with van der Waals surface area (Å²) in [4.78, 5) is 6.65. The Morgan fingerprint density at radius 1 is 1.32 bits per heavy atom. The largest absolute Gasteiger partial charge is 0.492 e. The molecule has 0 aromatic heterocycles. The van der Waals surface area contributed by atoms with Crippen LogP contribution in [0.15, 0.2) is 29.3 Å². The maximum atomic E-state index is 5.70. The van der Waals surface area contributed by atoms with Crippen molar-refractivity contribution in [3.63, 3.8) is 0 Å². The van der Waals surface area contributed by atoms with Gasteiger partial charge >= 0.3 is 0 Å². The summed E-state index contributed by atoms with van der Waals surface area (Å²) in [6.45, 7) is 5.56. The molecule has 1 aliphatic rings. The predicted octanol–water partition coefficient (Wildman–Crippen LogP) is 1.63. The highest BCUT2D eigenvalue weighted by atomic mass is 16.5. The first-order valence-electron chi connectivity index (χ1n) is 8.03. The zero-order chi connectivity index (χ0) is 15.8. The molecule has 0 spiro atoms. The van der Waals surface area contributed by atoms with Gasteiger partial charge in [-0.05, 0) is 45.5 Å². The topological polar surface area (TPSA) is 48.9 Å². The number of nitrogens with zero attached hydrogens (tertiary/aromatic N) is 2. The van der Waals surface area contributed by atoms with E-state index in [-0.39, 0.29) is 0 Å². The minimum absolute atomic E-state index is 0.613. The molecule has 2 N–H and O–H groups in total. The summed E-state index contributed by atoms with van der Waals surface area (Å²) in [6, 6.07) is 8.72. The molecule has 1 saturated heterocycles. The fraction of sp³-hybridized carbons (Fsp3) is 0.588. The van der Waals surface area contributed by atoms with Crippen molar-refractivity contribution in [2.45, 2.75) is 25.8 Å². The van der Waals surface area contributed by atoms with E-state index in [1.165, 1.54) is 24.9 Å². The van der Waals surface area contributed by atoms with Crippen LogP contribution in [0.1, 0.15) is 18.4 Å². The van der Waals surface area contributed by atoms with E-state index in [4.69, 9.17) is 4.74 Å². The lowest BCUT2D eigenvalue weighted by molar-refractivity contribution is 0.308. The SMILES string of the molecule is CN=C(NCCOc1ccc(C)cc1)NCC1CCCN1C. The second-order valence-corrected chi connectivity index (χ2v) is 5.82. The van der Waals surface area contributed by atoms with Crippen LogP contribution in [0.25, 0.3) is 0 Å². The summed E-state index contributed by atoms with van der Waals surface area (Å²) in [5.41, 5.74) is 1.24. The average molecular weight is 304 g/mol. The van der Waals surface area contributed by atoms with E-state index in [9.17, 15) is 0 Å². The molecule has 1 unspecified atom stereocenters. The quantitative estimate of drug-likeness (QED) is 0.476. The molecule has 1 aromatic carbocycles. The average Bonchev–Trinajstić information content (AvgIpc) is 2.93. The molecule has 0 amide bonds. The highest BCUT2D eigenvalue weighted by molar-refractivity contribution is 5.79. The van der Waals surface area contributed by atoms with Crippen LogP contribution in [0.2, 0.25) is 0 Å². The number of hydrogen-bond donors (Lipinski definition) is 2. The Hall–Kier alpha value is -1.75. The van der Waals surface area contributed by atoms with Crippen LogP contribution in [0.3, 0.4) is 0 Å². The summed E-state index contributed by atoms with van der Waals surface area (Å²) in [5.74, 6) is 1.75. The molecule has 1 aromatic rings. The van der Waals surface area contributed by atoms with Gasteiger partial charge in [-0.25, -0.2) is 0 Å². The van der Waals surface area contributed by atoms with Crippen molar-refractivity contribution < 1.29 is 4.74 Å². The van der Waals surface area contributed by atoms with Gasteiger partial charge in [-0.15, -0.1) is 0 Å². The Morgan fingerprint density at radius 3 is 2.73 bits per heavy atom. The van der Waals surface area contributed by atoms with Crippen LogP contribution < -0.4 is 15.4 Å². The van der Waals surface area contributed by atoms with E-state index in [1.54, 1.807) is 7.05 Å². The first-order valence-corrected chi connectivity index (χ1v) is 8.03. The molecule has 1 atom stereocenters. The molecule has 2 rings (SSSR count). The molecule has 5 heteroatoms. The molecule has 0 saturated carbocycles. The van der Waals surface area contributed by atoms with E-state index in [0.717, 1.165) is 24.8 Å². The number of aryl methyl sites for hydroxylation is 1. The molecule has 0 bridgehead atoms. The number of benzene rings is 1. The van der Waals surface area contributed by atoms with Gasteiger partial charge in [0.15, 0.2) is 5.96 Å². The Kier molecular flexibility index (Phi) is 6.52. The monoisotopic (exact) mass is 304 g/mol. The van der Waals surface area contributed by atoms with Crippen molar-refractivity contribution >= 4 is 5.96 Å². The molecular weight excluding hydrogens is 276 g/mol. The predicted molar refractivity (Wildman–Crippen MR) is 91.7 cm³/mol. The van der Waals surface area contributed by atoms with Gasteiger partial charge in [-0.1, -0.05) is 17.7 Å². The standard InChI is InChI=1S/C17H28N4O/c1-14-6-8-16(9-7-14)22-12-10-19-17(18-2)20-13-15-5-4-11-21(15)3/h6-9,15H,4-5,10-13H2,1-3H3,(H2,18,19,20). The van der Waals surface area contributed by atoms with E-state index in [0.29, 0.717) is 12.6 Å². The lowest BCUT2D eigenvalue weighted by Gasteiger charge is -2.21. The fourth-order valence-electron chi connectivity index (χ4n) is 2.65. The van der Waals surface area contributed by atoms with Crippen molar-refractivity contribution in [3.05, 3.63) is 29.8 Å². The lowest BCUT2D eigenvalue weighted by Crippen LogP contribution is -2.44. The van der Waals surface area contributed by atoms with E-state index in [1.807, 2.05) is 12.1 Å². The Balaban J connectivity index is 1.63. The Bertz CT molecular complexity index is 472. The van der Waals surface area contributed by atoms with Gasteiger partial charge in [-0.2, -0.15) is 0 Å². The van der Waals surface area contributed by atoms with Crippen molar-refractivity contribution in [1.29, 1.82) is 0 Å². The molecule has 1 fully saturated rings. The van der Waals surface area contributed by atoms with Crippen molar-refractivity contribution in [1.82, 2.24) is 15.5 Å². The molecule has 0 radical (unpaired) electrons. The fourth-order valence-corrected chi connectivity index (χ4v) is 2.65. The van der Waals surface area contributed by atoms with Gasteiger partial charge in [0.1, 0.15) is 12.4 Å².